The number of ether oxygens (including phenoxy) is 1. The number of nitrogens with zero attached hydrogens (tertiary/aromatic N) is 2. The number of halogens is 1. The SMILES string of the molecule is NC1(F)NC(=O)c2ncn([C@H]3C[C@H](O)[C@@H](CO)O3)c2N1. The predicted octanol–water partition coefficient (Wildman–Crippen LogP) is -1.78. The molecule has 1 aromatic rings. The minimum Gasteiger partial charge on any atom is -0.394 e. The van der Waals surface area contributed by atoms with Crippen LogP contribution in [0.25, 0.3) is 0 Å². The maximum atomic E-state index is 13.7. The summed E-state index contributed by atoms with van der Waals surface area (Å²) in [5, 5.41) is 22.9. The zero-order valence-electron chi connectivity index (χ0n) is 10.3. The molecule has 1 unspecified atom stereocenters. The van der Waals surface area contributed by atoms with Gasteiger partial charge in [-0.1, -0.05) is 0 Å². The Morgan fingerprint density at radius 3 is 3.05 bits per heavy atom. The van der Waals surface area contributed by atoms with E-state index in [1.54, 1.807) is 0 Å². The summed E-state index contributed by atoms with van der Waals surface area (Å²) in [4.78, 5) is 15.5. The molecule has 0 radical (unpaired) electrons. The Morgan fingerprint density at radius 1 is 1.65 bits per heavy atom. The summed E-state index contributed by atoms with van der Waals surface area (Å²) in [6, 6.07) is -2.59. The Hall–Kier alpha value is -1.75. The van der Waals surface area contributed by atoms with Gasteiger partial charge in [0.15, 0.2) is 5.69 Å². The van der Waals surface area contributed by atoms with Crippen LogP contribution in [0.5, 0.6) is 0 Å². The third kappa shape index (κ3) is 2.02. The predicted molar refractivity (Wildman–Crippen MR) is 63.0 cm³/mol. The Morgan fingerprint density at radius 2 is 2.40 bits per heavy atom. The average Bonchev–Trinajstić information content (AvgIpc) is 2.91. The Kier molecular flexibility index (Phi) is 2.90. The van der Waals surface area contributed by atoms with Crippen LogP contribution in [0.2, 0.25) is 0 Å². The standard InChI is InChI=1S/C10H14FN5O4/c11-10(12)14-8-7(9(19)15-10)13-3-16(8)6-1-4(18)5(2-17)20-6/h3-6,14,17-18H,1-2,12H2,(H,15,19)/t4-,5+,6+,10?/m0/s1. The van der Waals surface area contributed by atoms with Crippen LogP contribution >= 0.6 is 0 Å². The van der Waals surface area contributed by atoms with Gasteiger partial charge >= 0.3 is 6.04 Å². The fraction of sp³-hybridized carbons (Fsp3) is 0.600. The number of aliphatic hydroxyl groups excluding tert-OH is 2. The van der Waals surface area contributed by atoms with Gasteiger partial charge in [0.25, 0.3) is 5.91 Å². The van der Waals surface area contributed by atoms with Crippen molar-refractivity contribution in [1.29, 1.82) is 0 Å². The smallest absolute Gasteiger partial charge is 0.318 e. The van der Waals surface area contributed by atoms with Crippen LogP contribution < -0.4 is 16.4 Å². The number of rotatable bonds is 2. The lowest BCUT2D eigenvalue weighted by Crippen LogP contribution is -2.61. The van der Waals surface area contributed by atoms with Gasteiger partial charge in [-0.2, -0.15) is 4.39 Å². The van der Waals surface area contributed by atoms with Gasteiger partial charge in [-0.25, -0.2) is 4.98 Å². The van der Waals surface area contributed by atoms with Gasteiger partial charge in [0.2, 0.25) is 0 Å². The molecule has 110 valence electrons. The number of carbonyl (C=O) groups excluding carboxylic acids is 1. The molecule has 3 heterocycles. The Balaban J connectivity index is 1.92. The number of alkyl halides is 1. The minimum atomic E-state index is -2.59. The highest BCUT2D eigenvalue weighted by molar-refractivity contribution is 5.99. The lowest BCUT2D eigenvalue weighted by atomic mass is 10.2. The van der Waals surface area contributed by atoms with Gasteiger partial charge in [-0.3, -0.25) is 20.4 Å². The fourth-order valence-electron chi connectivity index (χ4n) is 2.35. The summed E-state index contributed by atoms with van der Waals surface area (Å²) in [5.41, 5.74) is 5.19. The van der Waals surface area contributed by atoms with Crippen molar-refractivity contribution < 1.29 is 24.1 Å². The van der Waals surface area contributed by atoms with E-state index in [1.165, 1.54) is 10.9 Å². The van der Waals surface area contributed by atoms with Crippen molar-refractivity contribution in [2.75, 3.05) is 11.9 Å². The molecule has 10 heteroatoms. The number of imidazole rings is 1. The fourth-order valence-corrected chi connectivity index (χ4v) is 2.35. The van der Waals surface area contributed by atoms with Gasteiger partial charge in [-0.15, -0.1) is 0 Å². The van der Waals surface area contributed by atoms with Gasteiger partial charge in [0.1, 0.15) is 18.1 Å². The van der Waals surface area contributed by atoms with E-state index >= 15 is 0 Å². The first kappa shape index (κ1) is 13.2. The van der Waals surface area contributed by atoms with E-state index in [2.05, 4.69) is 10.3 Å². The van der Waals surface area contributed by atoms with Crippen LogP contribution in [-0.2, 0) is 4.74 Å². The molecule has 0 saturated carbocycles. The number of aromatic nitrogens is 2. The first-order chi connectivity index (χ1) is 9.41. The van der Waals surface area contributed by atoms with Crippen LogP contribution in [0, 0.1) is 0 Å². The first-order valence-corrected chi connectivity index (χ1v) is 6.01. The van der Waals surface area contributed by atoms with Crippen molar-refractivity contribution >= 4 is 11.7 Å². The van der Waals surface area contributed by atoms with E-state index in [0.29, 0.717) is 0 Å². The lowest BCUT2D eigenvalue weighted by molar-refractivity contribution is -0.0440. The molecule has 1 aromatic heterocycles. The van der Waals surface area contributed by atoms with E-state index in [9.17, 15) is 14.3 Å². The molecular formula is C10H14FN5O4. The van der Waals surface area contributed by atoms with Gasteiger partial charge in [0, 0.05) is 6.42 Å². The summed E-state index contributed by atoms with van der Waals surface area (Å²) in [5.74, 6) is -0.686. The summed E-state index contributed by atoms with van der Waals surface area (Å²) in [6.45, 7) is -0.341. The van der Waals surface area contributed by atoms with Crippen molar-refractivity contribution in [1.82, 2.24) is 14.9 Å². The summed E-state index contributed by atoms with van der Waals surface area (Å²) in [7, 11) is 0. The molecule has 0 bridgehead atoms. The third-order valence-electron chi connectivity index (χ3n) is 3.30. The Bertz CT molecular complexity index is 548. The van der Waals surface area contributed by atoms with E-state index in [4.69, 9.17) is 15.6 Å². The van der Waals surface area contributed by atoms with E-state index < -0.39 is 30.4 Å². The second kappa shape index (κ2) is 4.38. The monoisotopic (exact) mass is 287 g/mol. The topological polar surface area (TPSA) is 135 Å². The molecule has 6 N–H and O–H groups in total. The highest BCUT2D eigenvalue weighted by Gasteiger charge is 2.41. The van der Waals surface area contributed by atoms with Crippen molar-refractivity contribution in [2.45, 2.75) is 30.9 Å². The highest BCUT2D eigenvalue weighted by atomic mass is 19.2. The summed E-state index contributed by atoms with van der Waals surface area (Å²) >= 11 is 0. The molecule has 1 fully saturated rings. The third-order valence-corrected chi connectivity index (χ3v) is 3.30. The normalized spacial score (nSPS) is 36.4. The first-order valence-electron chi connectivity index (χ1n) is 6.01. The summed E-state index contributed by atoms with van der Waals surface area (Å²) < 4.78 is 20.5. The van der Waals surface area contributed by atoms with E-state index in [-0.39, 0.29) is 24.5 Å². The molecule has 1 amide bonds. The van der Waals surface area contributed by atoms with Crippen molar-refractivity contribution in [3.8, 4) is 0 Å². The number of anilines is 1. The van der Waals surface area contributed by atoms with Crippen LogP contribution in [-0.4, -0.2) is 50.5 Å². The van der Waals surface area contributed by atoms with Gasteiger partial charge in [0.05, 0.1) is 19.0 Å². The zero-order valence-corrected chi connectivity index (χ0v) is 10.3. The molecular weight excluding hydrogens is 273 g/mol. The molecule has 1 saturated heterocycles. The van der Waals surface area contributed by atoms with E-state index in [0.717, 1.165) is 0 Å². The van der Waals surface area contributed by atoms with Crippen LogP contribution in [0.4, 0.5) is 10.2 Å². The van der Waals surface area contributed by atoms with Crippen molar-refractivity contribution in [2.24, 2.45) is 5.73 Å². The number of nitrogens with one attached hydrogen (secondary N) is 2. The second-order valence-electron chi connectivity index (χ2n) is 4.75. The van der Waals surface area contributed by atoms with Crippen molar-refractivity contribution in [3.05, 3.63) is 12.0 Å². The maximum Gasteiger partial charge on any atom is 0.318 e. The molecule has 9 nitrogen and oxygen atoms in total. The zero-order chi connectivity index (χ0) is 14.5. The van der Waals surface area contributed by atoms with Crippen LogP contribution in [0.3, 0.4) is 0 Å². The average molecular weight is 287 g/mol. The van der Waals surface area contributed by atoms with Crippen LogP contribution in [0.15, 0.2) is 6.33 Å². The molecule has 3 rings (SSSR count). The molecule has 0 spiro atoms. The highest BCUT2D eigenvalue weighted by Crippen LogP contribution is 2.33. The van der Waals surface area contributed by atoms with E-state index in [1.807, 2.05) is 5.32 Å². The second-order valence-corrected chi connectivity index (χ2v) is 4.75. The number of aliphatic hydroxyl groups is 2. The maximum absolute atomic E-state index is 13.7. The molecule has 4 atom stereocenters. The number of carbonyl (C=O) groups is 1. The molecule has 20 heavy (non-hydrogen) atoms. The summed E-state index contributed by atoms with van der Waals surface area (Å²) in [6.07, 6.45) is -0.790. The number of amides is 1. The van der Waals surface area contributed by atoms with Crippen molar-refractivity contribution in [3.63, 3.8) is 0 Å². The molecule has 2 aliphatic rings. The number of nitrogens with two attached hydrogens (primary N) is 1. The number of hydrogen-bond donors (Lipinski definition) is 5. The minimum absolute atomic E-state index is 0.0192. The van der Waals surface area contributed by atoms with Gasteiger partial charge < -0.3 is 20.3 Å². The largest absolute Gasteiger partial charge is 0.394 e. The quantitative estimate of drug-likeness (QED) is 0.406. The molecule has 2 aliphatic heterocycles. The lowest BCUT2D eigenvalue weighted by Gasteiger charge is -2.29. The molecule has 0 aromatic carbocycles. The number of hydrogen-bond acceptors (Lipinski definition) is 7. The Labute approximate surface area is 112 Å². The molecule has 0 aliphatic carbocycles. The number of fused-ring (bicyclic) bond motifs is 1. The van der Waals surface area contributed by atoms with Gasteiger partial charge in [-0.05, 0) is 0 Å². The van der Waals surface area contributed by atoms with Crippen LogP contribution in [0.1, 0.15) is 23.1 Å².